The van der Waals surface area contributed by atoms with Crippen LogP contribution in [-0.2, 0) is 14.2 Å². The van der Waals surface area contributed by atoms with Gasteiger partial charge in [-0.1, -0.05) is 0 Å². The number of aromatic hydroxyl groups is 3. The summed E-state index contributed by atoms with van der Waals surface area (Å²) in [4.78, 5) is 24.6. The number of rotatable bonds is 7. The lowest BCUT2D eigenvalue weighted by atomic mass is 9.99. The predicted octanol–water partition coefficient (Wildman–Crippen LogP) is -0.333. The van der Waals surface area contributed by atoms with Crippen LogP contribution in [0.5, 0.6) is 17.2 Å². The largest absolute Gasteiger partial charge is 0.508 e. The van der Waals surface area contributed by atoms with E-state index in [1.54, 1.807) is 0 Å². The summed E-state index contributed by atoms with van der Waals surface area (Å²) in [7, 11) is 0. The zero-order valence-corrected chi connectivity index (χ0v) is 16.6. The van der Waals surface area contributed by atoms with E-state index in [0.717, 1.165) is 12.1 Å². The molecule has 1 saturated heterocycles. The summed E-state index contributed by atoms with van der Waals surface area (Å²) in [5.41, 5.74) is 0.0497. The van der Waals surface area contributed by atoms with E-state index in [4.69, 9.17) is 14.2 Å². The van der Waals surface area contributed by atoms with Crippen molar-refractivity contribution >= 4 is 11.8 Å². The van der Waals surface area contributed by atoms with Crippen molar-refractivity contribution in [2.75, 3.05) is 13.2 Å². The normalized spacial score (nSPS) is 25.3. The number of hydrogen-bond acceptors (Lipinski definition) is 11. The minimum atomic E-state index is -1.71. The Bertz CT molecular complexity index is 959. The fourth-order valence-electron chi connectivity index (χ4n) is 3.06. The Labute approximate surface area is 181 Å². The van der Waals surface area contributed by atoms with Crippen molar-refractivity contribution in [3.63, 3.8) is 0 Å². The van der Waals surface area contributed by atoms with Crippen molar-refractivity contribution < 1.29 is 54.4 Å². The van der Waals surface area contributed by atoms with Gasteiger partial charge in [0.1, 0.15) is 30.7 Å². The van der Waals surface area contributed by atoms with Crippen LogP contribution >= 0.6 is 0 Å². The molecule has 1 fully saturated rings. The molecule has 6 N–H and O–H groups in total. The van der Waals surface area contributed by atoms with Crippen LogP contribution in [0, 0.1) is 0 Å². The Balaban J connectivity index is 1.69. The van der Waals surface area contributed by atoms with Crippen LogP contribution in [0.4, 0.5) is 0 Å². The molecule has 0 spiro atoms. The third-order valence-corrected chi connectivity index (χ3v) is 4.84. The number of carbonyl (C=O) groups is 2. The SMILES string of the molecule is O=C(CO[C@@H]1O[C@H](CO)[C@@H](O)[C@H](OC(=O)c2ccc(O)cc2)[C@H]1O)c1ccc(O)c(O)c1. The minimum absolute atomic E-state index is 0.0136. The number of phenolic OH excluding ortho intramolecular Hbond substituents is 3. The first-order valence-electron chi connectivity index (χ1n) is 9.50. The topological polar surface area (TPSA) is 183 Å². The van der Waals surface area contributed by atoms with E-state index in [2.05, 4.69) is 0 Å². The van der Waals surface area contributed by atoms with Gasteiger partial charge in [-0.3, -0.25) is 4.79 Å². The standard InChI is InChI=1S/C21H22O11/c22-8-16-17(27)19(32-20(29)10-1-4-12(23)5-2-10)18(28)21(31-16)30-9-15(26)11-3-6-13(24)14(25)7-11/h1-7,16-19,21-25,27-28H,8-9H2/t16-,17-,18-,19+,21-/m1/s1. The minimum Gasteiger partial charge on any atom is -0.508 e. The number of ether oxygens (including phenoxy) is 3. The van der Waals surface area contributed by atoms with Crippen LogP contribution in [0.1, 0.15) is 20.7 Å². The Morgan fingerprint density at radius 3 is 2.19 bits per heavy atom. The van der Waals surface area contributed by atoms with Crippen molar-refractivity contribution in [2.45, 2.75) is 30.7 Å². The third-order valence-electron chi connectivity index (χ3n) is 4.84. The number of carbonyl (C=O) groups excluding carboxylic acids is 2. The second-order valence-electron chi connectivity index (χ2n) is 7.06. The van der Waals surface area contributed by atoms with Crippen molar-refractivity contribution in [2.24, 2.45) is 0 Å². The highest BCUT2D eigenvalue weighted by Crippen LogP contribution is 2.27. The van der Waals surface area contributed by atoms with E-state index in [1.165, 1.54) is 30.3 Å². The number of aliphatic hydroxyl groups is 3. The maximum atomic E-state index is 12.4. The van der Waals surface area contributed by atoms with E-state index in [-0.39, 0.29) is 16.9 Å². The quantitative estimate of drug-likeness (QED) is 0.184. The summed E-state index contributed by atoms with van der Waals surface area (Å²) >= 11 is 0. The van der Waals surface area contributed by atoms with Gasteiger partial charge in [-0.2, -0.15) is 0 Å². The fraction of sp³-hybridized carbons (Fsp3) is 0.333. The molecule has 172 valence electrons. The zero-order chi connectivity index (χ0) is 23.4. The number of benzene rings is 2. The molecule has 0 saturated carbocycles. The van der Waals surface area contributed by atoms with Crippen LogP contribution in [0.15, 0.2) is 42.5 Å². The Hall–Kier alpha value is -3.22. The van der Waals surface area contributed by atoms with Crippen LogP contribution in [-0.4, -0.2) is 86.3 Å². The molecule has 11 nitrogen and oxygen atoms in total. The average Bonchev–Trinajstić information content (AvgIpc) is 2.78. The average molecular weight is 450 g/mol. The van der Waals surface area contributed by atoms with E-state index in [9.17, 15) is 40.2 Å². The summed E-state index contributed by atoms with van der Waals surface area (Å²) < 4.78 is 15.8. The monoisotopic (exact) mass is 450 g/mol. The van der Waals surface area contributed by atoms with Gasteiger partial charge in [-0.05, 0) is 42.5 Å². The van der Waals surface area contributed by atoms with Crippen molar-refractivity contribution in [1.29, 1.82) is 0 Å². The van der Waals surface area contributed by atoms with Gasteiger partial charge in [0.2, 0.25) is 0 Å². The third kappa shape index (κ3) is 5.15. The summed E-state index contributed by atoms with van der Waals surface area (Å²) in [5.74, 6) is -2.53. The first-order valence-corrected chi connectivity index (χ1v) is 9.50. The zero-order valence-electron chi connectivity index (χ0n) is 16.6. The first-order chi connectivity index (χ1) is 15.2. The van der Waals surface area contributed by atoms with Crippen LogP contribution < -0.4 is 0 Å². The Morgan fingerprint density at radius 1 is 0.906 bits per heavy atom. The molecule has 0 aliphatic carbocycles. The van der Waals surface area contributed by atoms with Gasteiger partial charge in [0.15, 0.2) is 29.7 Å². The van der Waals surface area contributed by atoms with Gasteiger partial charge in [-0.25, -0.2) is 4.79 Å². The number of hydrogen-bond donors (Lipinski definition) is 6. The first kappa shape index (κ1) is 23.4. The molecule has 5 atom stereocenters. The molecule has 32 heavy (non-hydrogen) atoms. The molecule has 0 bridgehead atoms. The lowest BCUT2D eigenvalue weighted by molar-refractivity contribution is -0.297. The van der Waals surface area contributed by atoms with Crippen molar-refractivity contribution in [3.8, 4) is 17.2 Å². The van der Waals surface area contributed by atoms with E-state index in [0.29, 0.717) is 0 Å². The molecule has 3 rings (SSSR count). The fourth-order valence-corrected chi connectivity index (χ4v) is 3.06. The molecule has 2 aromatic rings. The summed E-state index contributed by atoms with van der Waals surface area (Å²) in [6.45, 7) is -1.32. The maximum Gasteiger partial charge on any atom is 0.338 e. The van der Waals surface area contributed by atoms with E-state index in [1.807, 2.05) is 0 Å². The number of phenols is 3. The molecule has 0 radical (unpaired) electrons. The predicted molar refractivity (Wildman–Crippen MR) is 105 cm³/mol. The lowest BCUT2D eigenvalue weighted by Gasteiger charge is -2.41. The number of esters is 1. The van der Waals surface area contributed by atoms with Crippen molar-refractivity contribution in [3.05, 3.63) is 53.6 Å². The number of Topliss-reactive ketones (excluding diaryl/α,β-unsaturated/α-hetero) is 1. The van der Waals surface area contributed by atoms with Gasteiger partial charge in [0, 0.05) is 5.56 Å². The van der Waals surface area contributed by atoms with Crippen LogP contribution in [0.2, 0.25) is 0 Å². The summed E-state index contributed by atoms with van der Waals surface area (Å²) in [6.07, 6.45) is -7.69. The molecule has 0 unspecified atom stereocenters. The summed E-state index contributed by atoms with van der Waals surface area (Å²) in [6, 6.07) is 8.46. The number of ketones is 1. The van der Waals surface area contributed by atoms with Gasteiger partial charge in [-0.15, -0.1) is 0 Å². The summed E-state index contributed by atoms with van der Waals surface area (Å²) in [5, 5.41) is 58.5. The Kier molecular flexibility index (Phi) is 7.28. The molecule has 0 aromatic heterocycles. The van der Waals surface area contributed by atoms with Crippen molar-refractivity contribution in [1.82, 2.24) is 0 Å². The molecule has 0 amide bonds. The highest BCUT2D eigenvalue weighted by molar-refractivity contribution is 5.97. The molecular formula is C21H22O11. The second kappa shape index (κ2) is 9.94. The van der Waals surface area contributed by atoms with Gasteiger partial charge in [0.05, 0.1) is 12.2 Å². The highest BCUT2D eigenvalue weighted by Gasteiger charge is 2.47. The van der Waals surface area contributed by atoms with Crippen LogP contribution in [0.3, 0.4) is 0 Å². The molecule has 1 aliphatic rings. The smallest absolute Gasteiger partial charge is 0.338 e. The molecule has 1 aliphatic heterocycles. The van der Waals surface area contributed by atoms with Gasteiger partial charge in [0.25, 0.3) is 0 Å². The number of aliphatic hydroxyl groups excluding tert-OH is 3. The van der Waals surface area contributed by atoms with Crippen LogP contribution in [0.25, 0.3) is 0 Å². The van der Waals surface area contributed by atoms with E-state index < -0.39 is 67.2 Å². The molecular weight excluding hydrogens is 428 g/mol. The lowest BCUT2D eigenvalue weighted by Crippen LogP contribution is -2.60. The highest BCUT2D eigenvalue weighted by atomic mass is 16.7. The van der Waals surface area contributed by atoms with Gasteiger partial charge < -0.3 is 44.8 Å². The molecule has 1 heterocycles. The maximum absolute atomic E-state index is 12.4. The second-order valence-corrected chi connectivity index (χ2v) is 7.06. The van der Waals surface area contributed by atoms with Gasteiger partial charge >= 0.3 is 5.97 Å². The Morgan fingerprint density at radius 2 is 1.56 bits per heavy atom. The van der Waals surface area contributed by atoms with E-state index >= 15 is 0 Å². The molecule has 2 aromatic carbocycles. The molecule has 11 heteroatoms.